The SMILES string of the molecule is COc1ccc(CCN2C(=O)c3oc4cc(C)c(Cl)cc4c(=O)c3[C@H]2c2ccccc2F)cc1. The second-order valence-electron chi connectivity index (χ2n) is 8.29. The number of fused-ring (bicyclic) bond motifs is 2. The molecule has 7 heteroatoms. The van der Waals surface area contributed by atoms with E-state index >= 15 is 0 Å². The second-order valence-corrected chi connectivity index (χ2v) is 8.70. The van der Waals surface area contributed by atoms with Gasteiger partial charge < -0.3 is 14.1 Å². The standard InChI is InChI=1S/C27H21ClFNO4/c1-15-13-22-19(14-20(15)28)25(31)23-24(18-5-3-4-6-21(18)29)30(27(32)26(23)34-22)12-11-16-7-9-17(33-2)10-8-16/h3-10,13-14,24H,11-12H2,1-2H3/t24-/m1/s1. The molecule has 5 rings (SSSR count). The summed E-state index contributed by atoms with van der Waals surface area (Å²) in [5, 5.41) is 0.684. The van der Waals surface area contributed by atoms with Crippen LogP contribution in [-0.4, -0.2) is 24.5 Å². The predicted octanol–water partition coefficient (Wildman–Crippen LogP) is 5.69. The molecule has 5 nitrogen and oxygen atoms in total. The largest absolute Gasteiger partial charge is 0.497 e. The van der Waals surface area contributed by atoms with E-state index in [4.69, 9.17) is 20.8 Å². The van der Waals surface area contributed by atoms with Crippen molar-refractivity contribution in [1.82, 2.24) is 4.90 Å². The first-order valence-corrected chi connectivity index (χ1v) is 11.2. The van der Waals surface area contributed by atoms with E-state index in [1.807, 2.05) is 24.3 Å². The Hall–Kier alpha value is -3.64. The first-order chi connectivity index (χ1) is 16.4. The molecule has 0 bridgehead atoms. The van der Waals surface area contributed by atoms with Crippen molar-refractivity contribution in [3.63, 3.8) is 0 Å². The van der Waals surface area contributed by atoms with Crippen LogP contribution in [0.5, 0.6) is 5.75 Å². The predicted molar refractivity (Wildman–Crippen MR) is 128 cm³/mol. The zero-order chi connectivity index (χ0) is 24.0. The van der Waals surface area contributed by atoms with E-state index in [1.54, 1.807) is 44.4 Å². The summed E-state index contributed by atoms with van der Waals surface area (Å²) in [7, 11) is 1.59. The normalized spacial score (nSPS) is 15.1. The molecule has 1 aliphatic heterocycles. The summed E-state index contributed by atoms with van der Waals surface area (Å²) in [4.78, 5) is 28.6. The Morgan fingerprint density at radius 3 is 2.53 bits per heavy atom. The van der Waals surface area contributed by atoms with Gasteiger partial charge in [0.25, 0.3) is 5.91 Å². The number of methoxy groups -OCH3 is 1. The van der Waals surface area contributed by atoms with Crippen LogP contribution in [-0.2, 0) is 6.42 Å². The third kappa shape index (κ3) is 3.64. The highest BCUT2D eigenvalue weighted by Gasteiger charge is 2.43. The van der Waals surface area contributed by atoms with Crippen molar-refractivity contribution < 1.29 is 18.3 Å². The van der Waals surface area contributed by atoms with Crippen LogP contribution in [0.4, 0.5) is 4.39 Å². The molecule has 0 radical (unpaired) electrons. The van der Waals surface area contributed by atoms with Crippen LogP contribution in [0.25, 0.3) is 11.0 Å². The number of ether oxygens (including phenoxy) is 1. The zero-order valence-corrected chi connectivity index (χ0v) is 19.4. The molecular formula is C27H21ClFNO4. The fraction of sp³-hybridized carbons (Fsp3) is 0.185. The average molecular weight is 478 g/mol. The van der Waals surface area contributed by atoms with E-state index in [1.165, 1.54) is 11.0 Å². The van der Waals surface area contributed by atoms with E-state index in [2.05, 4.69) is 0 Å². The zero-order valence-electron chi connectivity index (χ0n) is 18.6. The van der Waals surface area contributed by atoms with Gasteiger partial charge in [-0.15, -0.1) is 0 Å². The maximum atomic E-state index is 14.9. The van der Waals surface area contributed by atoms with Crippen LogP contribution in [0.15, 0.2) is 69.9 Å². The van der Waals surface area contributed by atoms with Gasteiger partial charge in [0.05, 0.1) is 24.1 Å². The number of hydrogen-bond donors (Lipinski definition) is 0. The summed E-state index contributed by atoms with van der Waals surface area (Å²) in [5.74, 6) is -0.261. The van der Waals surface area contributed by atoms with E-state index in [-0.39, 0.29) is 39.8 Å². The molecule has 0 saturated heterocycles. The summed E-state index contributed by atoms with van der Waals surface area (Å²) >= 11 is 6.26. The number of rotatable bonds is 5. The van der Waals surface area contributed by atoms with Gasteiger partial charge in [-0.2, -0.15) is 0 Å². The third-order valence-corrected chi connectivity index (χ3v) is 6.65. The molecule has 0 spiro atoms. The minimum Gasteiger partial charge on any atom is -0.497 e. The van der Waals surface area contributed by atoms with Gasteiger partial charge in [0.15, 0.2) is 5.43 Å². The molecule has 1 aromatic heterocycles. The molecular weight excluding hydrogens is 457 g/mol. The Morgan fingerprint density at radius 2 is 1.82 bits per heavy atom. The molecule has 34 heavy (non-hydrogen) atoms. The fourth-order valence-corrected chi connectivity index (χ4v) is 4.60. The van der Waals surface area contributed by atoms with Crippen molar-refractivity contribution in [2.24, 2.45) is 0 Å². The van der Waals surface area contributed by atoms with Crippen molar-refractivity contribution in [1.29, 1.82) is 0 Å². The van der Waals surface area contributed by atoms with E-state index in [0.29, 0.717) is 11.4 Å². The van der Waals surface area contributed by atoms with Crippen LogP contribution in [0.3, 0.4) is 0 Å². The van der Waals surface area contributed by atoms with Crippen molar-refractivity contribution >= 4 is 28.5 Å². The minimum absolute atomic E-state index is 0.0535. The molecule has 0 aliphatic carbocycles. The summed E-state index contributed by atoms with van der Waals surface area (Å²) in [6.45, 7) is 2.06. The van der Waals surface area contributed by atoms with Crippen LogP contribution in [0.2, 0.25) is 5.02 Å². The third-order valence-electron chi connectivity index (χ3n) is 6.25. The maximum absolute atomic E-state index is 14.9. The smallest absolute Gasteiger partial charge is 0.290 e. The Kier molecular flexibility index (Phi) is 5.62. The van der Waals surface area contributed by atoms with Crippen LogP contribution >= 0.6 is 11.6 Å². The molecule has 4 aromatic rings. The monoisotopic (exact) mass is 477 g/mol. The van der Waals surface area contributed by atoms with Crippen molar-refractivity contribution in [3.05, 3.63) is 110 Å². The second kappa shape index (κ2) is 8.61. The lowest BCUT2D eigenvalue weighted by atomic mass is 9.97. The van der Waals surface area contributed by atoms with Gasteiger partial charge in [0.1, 0.15) is 17.1 Å². The van der Waals surface area contributed by atoms with Crippen LogP contribution in [0.1, 0.15) is 38.9 Å². The van der Waals surface area contributed by atoms with Crippen LogP contribution < -0.4 is 10.2 Å². The molecule has 1 amide bonds. The summed E-state index contributed by atoms with van der Waals surface area (Å²) in [5.41, 5.74) is 1.98. The summed E-state index contributed by atoms with van der Waals surface area (Å²) < 4.78 is 26.1. The van der Waals surface area contributed by atoms with Crippen molar-refractivity contribution in [3.8, 4) is 5.75 Å². The molecule has 0 fully saturated rings. The highest BCUT2D eigenvalue weighted by Crippen LogP contribution is 2.39. The number of aryl methyl sites for hydroxylation is 1. The quantitative estimate of drug-likeness (QED) is 0.370. The Balaban J connectivity index is 1.63. The molecule has 0 saturated carbocycles. The molecule has 2 heterocycles. The van der Waals surface area contributed by atoms with E-state index in [0.717, 1.165) is 16.9 Å². The number of benzene rings is 3. The lowest BCUT2D eigenvalue weighted by Crippen LogP contribution is -2.32. The number of hydrogen-bond acceptors (Lipinski definition) is 4. The fourth-order valence-electron chi connectivity index (χ4n) is 4.43. The topological polar surface area (TPSA) is 59.8 Å². The van der Waals surface area contributed by atoms with Gasteiger partial charge >= 0.3 is 0 Å². The minimum atomic E-state index is -0.900. The highest BCUT2D eigenvalue weighted by molar-refractivity contribution is 6.32. The Labute approximate surface area is 200 Å². The van der Waals surface area contributed by atoms with E-state index in [9.17, 15) is 14.0 Å². The summed E-state index contributed by atoms with van der Waals surface area (Å²) in [6, 6.07) is 16.0. The molecule has 1 aliphatic rings. The van der Waals surface area contributed by atoms with Gasteiger partial charge in [-0.05, 0) is 54.8 Å². The first kappa shape index (κ1) is 22.2. The average Bonchev–Trinajstić information content (AvgIpc) is 3.11. The molecule has 172 valence electrons. The Bertz CT molecular complexity index is 1480. The maximum Gasteiger partial charge on any atom is 0.290 e. The van der Waals surface area contributed by atoms with Gasteiger partial charge in [-0.3, -0.25) is 9.59 Å². The van der Waals surface area contributed by atoms with Gasteiger partial charge in [0, 0.05) is 17.1 Å². The molecule has 0 unspecified atom stereocenters. The summed E-state index contributed by atoms with van der Waals surface area (Å²) in [6.07, 6.45) is 0.507. The molecule has 1 atom stereocenters. The first-order valence-electron chi connectivity index (χ1n) is 10.8. The van der Waals surface area contributed by atoms with Gasteiger partial charge in [-0.1, -0.05) is 41.9 Å². The highest BCUT2D eigenvalue weighted by atomic mass is 35.5. The van der Waals surface area contributed by atoms with Crippen molar-refractivity contribution in [2.45, 2.75) is 19.4 Å². The lowest BCUT2D eigenvalue weighted by molar-refractivity contribution is 0.0728. The van der Waals surface area contributed by atoms with Crippen molar-refractivity contribution in [2.75, 3.05) is 13.7 Å². The number of nitrogens with zero attached hydrogens (tertiary/aromatic N) is 1. The van der Waals surface area contributed by atoms with Gasteiger partial charge in [0.2, 0.25) is 5.76 Å². The van der Waals surface area contributed by atoms with Gasteiger partial charge in [-0.25, -0.2) is 4.39 Å². The number of halogens is 2. The number of carbonyl (C=O) groups excluding carboxylic acids is 1. The number of amides is 1. The molecule has 3 aromatic carbocycles. The number of carbonyl (C=O) groups is 1. The lowest BCUT2D eigenvalue weighted by Gasteiger charge is -2.25. The van der Waals surface area contributed by atoms with Crippen LogP contribution in [0, 0.1) is 12.7 Å². The van der Waals surface area contributed by atoms with E-state index < -0.39 is 17.8 Å². The Morgan fingerprint density at radius 1 is 1.09 bits per heavy atom. The molecule has 0 N–H and O–H groups in total.